The van der Waals surface area contributed by atoms with E-state index in [4.69, 9.17) is 4.74 Å². The van der Waals surface area contributed by atoms with Gasteiger partial charge in [0.1, 0.15) is 0 Å². The summed E-state index contributed by atoms with van der Waals surface area (Å²) in [4.78, 5) is 1.33. The monoisotopic (exact) mass is 291 g/mol. The number of ether oxygens (including phenoxy) is 1. The topological polar surface area (TPSA) is 21.3 Å². The average molecular weight is 292 g/mol. The van der Waals surface area contributed by atoms with Crippen molar-refractivity contribution in [3.63, 3.8) is 0 Å². The summed E-state index contributed by atoms with van der Waals surface area (Å²) in [7, 11) is 0. The maximum atomic E-state index is 5.60. The third kappa shape index (κ3) is 4.23. The largest absolute Gasteiger partial charge is 0.379 e. The molecule has 1 N–H and O–H groups in total. The molecule has 15 heavy (non-hydrogen) atoms. The molecule has 0 fully saturated rings. The number of likely N-dealkylation sites (N-methyl/N-ethyl adjacent to an activating group) is 1. The predicted octanol–water partition coefficient (Wildman–Crippen LogP) is 3.59. The molecule has 1 aromatic heterocycles. The molecule has 2 nitrogen and oxygen atoms in total. The lowest BCUT2D eigenvalue weighted by Gasteiger charge is -2.17. The van der Waals surface area contributed by atoms with Gasteiger partial charge in [-0.25, -0.2) is 0 Å². The molecular weight excluding hydrogens is 274 g/mol. The van der Waals surface area contributed by atoms with Crippen LogP contribution in [0.15, 0.2) is 15.9 Å². The van der Waals surface area contributed by atoms with Crippen LogP contribution < -0.4 is 5.32 Å². The van der Waals surface area contributed by atoms with E-state index in [1.165, 1.54) is 9.35 Å². The molecule has 1 unspecified atom stereocenters. The highest BCUT2D eigenvalue weighted by Crippen LogP contribution is 2.29. The van der Waals surface area contributed by atoms with Gasteiger partial charge in [0.05, 0.1) is 12.6 Å². The van der Waals surface area contributed by atoms with Crippen molar-refractivity contribution in [3.8, 4) is 0 Å². The number of rotatable bonds is 7. The fourth-order valence-electron chi connectivity index (χ4n) is 1.37. The number of hydrogen-bond acceptors (Lipinski definition) is 3. The smallest absolute Gasteiger partial charge is 0.0669 e. The molecule has 1 heterocycles. The molecular formula is C11H18BrNOS. The van der Waals surface area contributed by atoms with Crippen molar-refractivity contribution < 1.29 is 4.74 Å². The van der Waals surface area contributed by atoms with Gasteiger partial charge < -0.3 is 10.1 Å². The fraction of sp³-hybridized carbons (Fsp3) is 0.636. The second-order valence-corrected chi connectivity index (χ2v) is 5.12. The summed E-state index contributed by atoms with van der Waals surface area (Å²) in [6, 6.07) is 2.40. The molecule has 0 aliphatic rings. The van der Waals surface area contributed by atoms with Crippen molar-refractivity contribution in [2.45, 2.75) is 26.3 Å². The van der Waals surface area contributed by atoms with Crippen molar-refractivity contribution in [2.24, 2.45) is 0 Å². The molecule has 1 aromatic rings. The molecule has 0 aliphatic heterocycles. The third-order valence-corrected chi connectivity index (χ3v) is 4.03. The Morgan fingerprint density at radius 2 is 2.33 bits per heavy atom. The van der Waals surface area contributed by atoms with Crippen molar-refractivity contribution in [1.82, 2.24) is 5.32 Å². The van der Waals surface area contributed by atoms with E-state index in [9.17, 15) is 0 Å². The predicted molar refractivity (Wildman–Crippen MR) is 69.5 cm³/mol. The highest BCUT2D eigenvalue weighted by Gasteiger charge is 2.14. The number of hydrogen-bond donors (Lipinski definition) is 1. The van der Waals surface area contributed by atoms with Crippen molar-refractivity contribution in [1.29, 1.82) is 0 Å². The Morgan fingerprint density at radius 1 is 1.53 bits per heavy atom. The van der Waals surface area contributed by atoms with Gasteiger partial charge in [-0.15, -0.1) is 11.3 Å². The van der Waals surface area contributed by atoms with E-state index in [1.807, 2.05) is 0 Å². The summed E-state index contributed by atoms with van der Waals surface area (Å²) >= 11 is 5.33. The highest BCUT2D eigenvalue weighted by atomic mass is 79.9. The van der Waals surface area contributed by atoms with Gasteiger partial charge in [-0.3, -0.25) is 0 Å². The second-order valence-electron chi connectivity index (χ2n) is 3.32. The maximum absolute atomic E-state index is 5.60. The molecule has 0 radical (unpaired) electrons. The second kappa shape index (κ2) is 7.39. The summed E-state index contributed by atoms with van der Waals surface area (Å²) in [5.74, 6) is 0. The molecule has 4 heteroatoms. The van der Waals surface area contributed by atoms with Crippen LogP contribution >= 0.6 is 27.3 Å². The zero-order valence-electron chi connectivity index (χ0n) is 9.25. The lowest BCUT2D eigenvalue weighted by Crippen LogP contribution is -2.25. The first kappa shape index (κ1) is 13.2. The lowest BCUT2D eigenvalue weighted by molar-refractivity contribution is 0.113. The third-order valence-electron chi connectivity index (χ3n) is 2.04. The Morgan fingerprint density at radius 3 is 2.87 bits per heavy atom. The van der Waals surface area contributed by atoms with Crippen molar-refractivity contribution >= 4 is 27.3 Å². The average Bonchev–Trinajstić information content (AvgIpc) is 2.64. The first-order valence-electron chi connectivity index (χ1n) is 5.33. The molecule has 0 aliphatic carbocycles. The minimum atomic E-state index is 0.316. The van der Waals surface area contributed by atoms with E-state index >= 15 is 0 Å². The molecule has 0 aromatic carbocycles. The first-order chi connectivity index (χ1) is 7.29. The van der Waals surface area contributed by atoms with E-state index in [2.05, 4.69) is 46.5 Å². The summed E-state index contributed by atoms with van der Waals surface area (Å²) in [6.45, 7) is 6.80. The summed E-state index contributed by atoms with van der Waals surface area (Å²) in [5, 5.41) is 5.54. The molecule has 0 saturated carbocycles. The lowest BCUT2D eigenvalue weighted by atomic mass is 10.2. The first-order valence-corrected chi connectivity index (χ1v) is 7.00. The van der Waals surface area contributed by atoms with Crippen LogP contribution in [-0.4, -0.2) is 19.8 Å². The van der Waals surface area contributed by atoms with Crippen LogP contribution in [0.3, 0.4) is 0 Å². The summed E-state index contributed by atoms with van der Waals surface area (Å²) in [6.07, 6.45) is 1.07. The Kier molecular flexibility index (Phi) is 6.48. The molecule has 86 valence electrons. The fourth-order valence-corrected chi connectivity index (χ4v) is 3.08. The van der Waals surface area contributed by atoms with Crippen LogP contribution in [0.4, 0.5) is 0 Å². The van der Waals surface area contributed by atoms with Crippen LogP contribution in [-0.2, 0) is 4.74 Å². The number of halogens is 1. The minimum Gasteiger partial charge on any atom is -0.379 e. The van der Waals surface area contributed by atoms with E-state index in [0.29, 0.717) is 6.04 Å². The van der Waals surface area contributed by atoms with Gasteiger partial charge >= 0.3 is 0 Å². The Balaban J connectivity index is 2.53. The Labute approximate surface area is 104 Å². The van der Waals surface area contributed by atoms with Gasteiger partial charge in [0, 0.05) is 16.0 Å². The molecule has 1 rings (SSSR count). The van der Waals surface area contributed by atoms with Crippen molar-refractivity contribution in [2.75, 3.05) is 19.8 Å². The normalized spacial score (nSPS) is 13.0. The van der Waals surface area contributed by atoms with Gasteiger partial charge in [0.15, 0.2) is 0 Å². The van der Waals surface area contributed by atoms with E-state index in [0.717, 1.165) is 26.2 Å². The van der Waals surface area contributed by atoms with E-state index in [-0.39, 0.29) is 0 Å². The molecule has 0 spiro atoms. The van der Waals surface area contributed by atoms with Crippen molar-refractivity contribution in [3.05, 3.63) is 20.8 Å². The van der Waals surface area contributed by atoms with Crippen LogP contribution in [0, 0.1) is 0 Å². The molecule has 0 amide bonds. The standard InChI is InChI=1S/C11H18BrNOS/c1-3-6-14-8-10(13-4-2)11-9(12)5-7-15-11/h5,7,10,13H,3-4,6,8H2,1-2H3. The van der Waals surface area contributed by atoms with Crippen LogP contribution in [0.25, 0.3) is 0 Å². The zero-order valence-corrected chi connectivity index (χ0v) is 11.7. The zero-order chi connectivity index (χ0) is 11.1. The van der Waals surface area contributed by atoms with Crippen LogP contribution in [0.5, 0.6) is 0 Å². The van der Waals surface area contributed by atoms with Gasteiger partial charge in [-0.2, -0.15) is 0 Å². The SMILES string of the molecule is CCCOCC(NCC)c1sccc1Br. The minimum absolute atomic E-state index is 0.316. The van der Waals surface area contributed by atoms with Gasteiger partial charge in [-0.05, 0) is 40.3 Å². The van der Waals surface area contributed by atoms with Gasteiger partial charge in [-0.1, -0.05) is 13.8 Å². The quantitative estimate of drug-likeness (QED) is 0.775. The van der Waals surface area contributed by atoms with E-state index < -0.39 is 0 Å². The molecule has 0 saturated heterocycles. The summed E-state index contributed by atoms with van der Waals surface area (Å²) < 4.78 is 6.78. The number of thiophene rings is 1. The Bertz CT molecular complexity index is 277. The van der Waals surface area contributed by atoms with Crippen LogP contribution in [0.1, 0.15) is 31.2 Å². The highest BCUT2D eigenvalue weighted by molar-refractivity contribution is 9.10. The molecule has 0 bridgehead atoms. The van der Waals surface area contributed by atoms with E-state index in [1.54, 1.807) is 11.3 Å². The van der Waals surface area contributed by atoms with Gasteiger partial charge in [0.25, 0.3) is 0 Å². The maximum Gasteiger partial charge on any atom is 0.0669 e. The molecule has 1 atom stereocenters. The summed E-state index contributed by atoms with van der Waals surface area (Å²) in [5.41, 5.74) is 0. The van der Waals surface area contributed by atoms with Crippen LogP contribution in [0.2, 0.25) is 0 Å². The number of nitrogens with one attached hydrogen (secondary N) is 1. The van der Waals surface area contributed by atoms with Gasteiger partial charge in [0.2, 0.25) is 0 Å². The Hall–Kier alpha value is 0.100.